The van der Waals surface area contributed by atoms with Gasteiger partial charge in [0.25, 0.3) is 11.8 Å². The van der Waals surface area contributed by atoms with E-state index in [0.717, 1.165) is 30.2 Å². The van der Waals surface area contributed by atoms with E-state index in [1.165, 1.54) is 69.8 Å². The second kappa shape index (κ2) is 15.9. The van der Waals surface area contributed by atoms with Gasteiger partial charge in [-0.2, -0.15) is 0 Å². The van der Waals surface area contributed by atoms with E-state index in [0.29, 0.717) is 11.0 Å². The van der Waals surface area contributed by atoms with E-state index in [9.17, 15) is 14.4 Å². The van der Waals surface area contributed by atoms with E-state index in [-0.39, 0.29) is 22.7 Å². The summed E-state index contributed by atoms with van der Waals surface area (Å²) in [4.78, 5) is 40.6. The normalized spacial score (nSPS) is 17.7. The summed E-state index contributed by atoms with van der Waals surface area (Å²) in [6.45, 7) is 13.1. The molecule has 0 bridgehead atoms. The standard InChI is InChI=1S/C29H43N3O5S2/c1-19(26(33)31-20(2)28(35)36-6)30-27(34)23-18-39-24(32-23)17-22-13-8-7-11-21(15-16-22)12-9-10-14-25(38)37-29(3,4)5/h18,21-22H,1-2,7-17H2,3-6H3,(H,30,34)(H,31,33). The van der Waals surface area contributed by atoms with Crippen LogP contribution in [0.3, 0.4) is 0 Å². The van der Waals surface area contributed by atoms with Gasteiger partial charge in [-0.25, -0.2) is 9.78 Å². The number of thiocarbonyl (C=S) groups is 1. The first-order valence-electron chi connectivity index (χ1n) is 13.6. The molecule has 2 atom stereocenters. The Bertz CT molecular complexity index is 1040. The second-order valence-corrected chi connectivity index (χ2v) is 12.5. The third-order valence-electron chi connectivity index (χ3n) is 6.60. The zero-order chi connectivity index (χ0) is 29.0. The van der Waals surface area contributed by atoms with Gasteiger partial charge in [0, 0.05) is 18.2 Å². The van der Waals surface area contributed by atoms with Crippen molar-refractivity contribution >= 4 is 46.4 Å². The fourth-order valence-electron chi connectivity index (χ4n) is 4.61. The number of methoxy groups -OCH3 is 1. The quantitative estimate of drug-likeness (QED) is 0.135. The molecule has 0 aliphatic heterocycles. The Morgan fingerprint density at radius 1 is 1.05 bits per heavy atom. The maximum atomic E-state index is 12.6. The highest BCUT2D eigenvalue weighted by Gasteiger charge is 2.21. The molecule has 2 unspecified atom stereocenters. The number of thiazole rings is 1. The smallest absolute Gasteiger partial charge is 0.353 e. The lowest BCUT2D eigenvalue weighted by Gasteiger charge is -2.25. The van der Waals surface area contributed by atoms with E-state index >= 15 is 0 Å². The maximum Gasteiger partial charge on any atom is 0.353 e. The summed E-state index contributed by atoms with van der Waals surface area (Å²) < 4.78 is 10.3. The number of nitrogens with one attached hydrogen (secondary N) is 2. The maximum absolute atomic E-state index is 12.6. The van der Waals surface area contributed by atoms with Crippen LogP contribution in [-0.2, 0) is 25.5 Å². The molecule has 0 aromatic carbocycles. The molecule has 1 heterocycles. The highest BCUT2D eigenvalue weighted by molar-refractivity contribution is 7.80. The van der Waals surface area contributed by atoms with Crippen molar-refractivity contribution in [3.8, 4) is 0 Å². The predicted molar refractivity (Wildman–Crippen MR) is 158 cm³/mol. The first-order chi connectivity index (χ1) is 18.4. The molecule has 1 fully saturated rings. The number of unbranched alkanes of at least 4 members (excludes halogenated alkanes) is 1. The zero-order valence-corrected chi connectivity index (χ0v) is 25.4. The molecule has 1 aliphatic carbocycles. The number of hydrogen-bond donors (Lipinski definition) is 2. The van der Waals surface area contributed by atoms with Gasteiger partial charge < -0.3 is 20.1 Å². The van der Waals surface area contributed by atoms with E-state index in [1.807, 2.05) is 20.8 Å². The Hall–Kier alpha value is -2.59. The van der Waals surface area contributed by atoms with Crippen LogP contribution >= 0.6 is 23.6 Å². The molecular formula is C29H43N3O5S2. The average Bonchev–Trinajstić information content (AvgIpc) is 3.31. The summed E-state index contributed by atoms with van der Waals surface area (Å²) >= 11 is 6.83. The van der Waals surface area contributed by atoms with Crippen LogP contribution in [0.5, 0.6) is 0 Å². The van der Waals surface area contributed by atoms with Crippen molar-refractivity contribution in [1.29, 1.82) is 0 Å². The topological polar surface area (TPSA) is 107 Å². The number of amides is 2. The summed E-state index contributed by atoms with van der Waals surface area (Å²) in [7, 11) is 1.18. The number of nitrogens with zero attached hydrogens (tertiary/aromatic N) is 1. The van der Waals surface area contributed by atoms with Crippen LogP contribution in [0.15, 0.2) is 29.9 Å². The third-order valence-corrected chi connectivity index (χ3v) is 7.76. The highest BCUT2D eigenvalue weighted by atomic mass is 32.1. The van der Waals surface area contributed by atoms with Crippen molar-refractivity contribution < 1.29 is 23.9 Å². The largest absolute Gasteiger partial charge is 0.482 e. The first kappa shape index (κ1) is 32.6. The summed E-state index contributed by atoms with van der Waals surface area (Å²) in [5.41, 5.74) is -0.436. The van der Waals surface area contributed by atoms with Crippen molar-refractivity contribution in [2.75, 3.05) is 7.11 Å². The van der Waals surface area contributed by atoms with Crippen LogP contribution < -0.4 is 10.6 Å². The number of carbonyl (C=O) groups excluding carboxylic acids is 3. The Morgan fingerprint density at radius 2 is 1.72 bits per heavy atom. The molecule has 0 saturated heterocycles. The van der Waals surface area contributed by atoms with Crippen molar-refractivity contribution in [1.82, 2.24) is 15.6 Å². The number of ether oxygens (including phenoxy) is 2. The number of esters is 1. The molecule has 0 radical (unpaired) electrons. The molecule has 2 N–H and O–H groups in total. The molecule has 8 nitrogen and oxygen atoms in total. The van der Waals surface area contributed by atoms with Crippen molar-refractivity contribution in [3.63, 3.8) is 0 Å². The number of hydrogen-bond acceptors (Lipinski definition) is 8. The molecule has 2 rings (SSSR count). The third kappa shape index (κ3) is 12.4. The number of rotatable bonds is 12. The number of aromatic nitrogens is 1. The van der Waals surface area contributed by atoms with Crippen molar-refractivity contribution in [3.05, 3.63) is 40.6 Å². The molecule has 1 aliphatic rings. The SMILES string of the molecule is C=C(NC(=O)c1csc(CC2CCCCC(CCCCC(=S)OC(C)(C)C)CC2)n1)C(=O)NC(=C)C(=O)OC. The second-order valence-electron chi connectivity index (χ2n) is 11.1. The monoisotopic (exact) mass is 577 g/mol. The van der Waals surface area contributed by atoms with Crippen molar-refractivity contribution in [2.45, 2.75) is 97.0 Å². The van der Waals surface area contributed by atoms with Crippen LogP contribution in [0, 0.1) is 11.8 Å². The predicted octanol–water partition coefficient (Wildman–Crippen LogP) is 6.02. The van der Waals surface area contributed by atoms with Gasteiger partial charge in [0.2, 0.25) is 0 Å². The van der Waals surface area contributed by atoms with E-state index in [1.54, 1.807) is 5.38 Å². The van der Waals surface area contributed by atoms with Crippen LogP contribution in [-0.4, -0.2) is 40.5 Å². The fourth-order valence-corrected chi connectivity index (χ4v) is 5.90. The number of carbonyl (C=O) groups is 3. The summed E-state index contributed by atoms with van der Waals surface area (Å²) in [6, 6.07) is 0. The molecule has 2 amide bonds. The zero-order valence-electron chi connectivity index (χ0n) is 23.7. The Labute approximate surface area is 242 Å². The molecule has 1 aromatic rings. The van der Waals surface area contributed by atoms with Gasteiger partial charge in [-0.05, 0) is 57.7 Å². The molecular weight excluding hydrogens is 534 g/mol. The van der Waals surface area contributed by atoms with Crippen LogP contribution in [0.2, 0.25) is 0 Å². The van der Waals surface area contributed by atoms with E-state index < -0.39 is 17.8 Å². The highest BCUT2D eigenvalue weighted by Crippen LogP contribution is 2.32. The lowest BCUT2D eigenvalue weighted by molar-refractivity contribution is -0.137. The minimum atomic E-state index is -0.779. The van der Waals surface area contributed by atoms with Gasteiger partial charge >= 0.3 is 5.97 Å². The van der Waals surface area contributed by atoms with Crippen LogP contribution in [0.25, 0.3) is 0 Å². The van der Waals surface area contributed by atoms with Gasteiger partial charge in [0.05, 0.1) is 17.8 Å². The Kier molecular flexibility index (Phi) is 13.3. The van der Waals surface area contributed by atoms with Crippen molar-refractivity contribution in [2.24, 2.45) is 11.8 Å². The van der Waals surface area contributed by atoms with Gasteiger partial charge in [-0.3, -0.25) is 9.59 Å². The first-order valence-corrected chi connectivity index (χ1v) is 14.9. The summed E-state index contributed by atoms with van der Waals surface area (Å²) in [5, 5.41) is 8.00. The molecule has 0 spiro atoms. The Balaban J connectivity index is 1.78. The summed E-state index contributed by atoms with van der Waals surface area (Å²) in [5.74, 6) is -0.758. The van der Waals surface area contributed by atoms with Gasteiger partial charge in [0.15, 0.2) is 5.05 Å². The molecule has 216 valence electrons. The van der Waals surface area contributed by atoms with Crippen LogP contribution in [0.4, 0.5) is 0 Å². The Morgan fingerprint density at radius 3 is 2.38 bits per heavy atom. The molecule has 39 heavy (non-hydrogen) atoms. The fraction of sp³-hybridized carbons (Fsp3) is 0.621. The van der Waals surface area contributed by atoms with E-state index in [2.05, 4.69) is 33.5 Å². The average molecular weight is 578 g/mol. The lowest BCUT2D eigenvalue weighted by atomic mass is 9.82. The molecule has 1 saturated carbocycles. The molecule has 10 heteroatoms. The minimum Gasteiger partial charge on any atom is -0.482 e. The van der Waals surface area contributed by atoms with E-state index in [4.69, 9.17) is 17.0 Å². The summed E-state index contributed by atoms with van der Waals surface area (Å²) in [6.07, 6.45) is 12.5. The van der Waals surface area contributed by atoms with Crippen LogP contribution in [0.1, 0.15) is 100 Å². The lowest BCUT2D eigenvalue weighted by Crippen LogP contribution is -2.35. The van der Waals surface area contributed by atoms with Gasteiger partial charge in [-0.15, -0.1) is 11.3 Å². The minimum absolute atomic E-state index is 0.214. The van der Waals surface area contributed by atoms with Gasteiger partial charge in [-0.1, -0.05) is 58.1 Å². The van der Waals surface area contributed by atoms with Gasteiger partial charge in [0.1, 0.15) is 17.0 Å². The molecule has 1 aromatic heterocycles.